The van der Waals surface area contributed by atoms with E-state index in [0.29, 0.717) is 10.7 Å². The van der Waals surface area contributed by atoms with Crippen molar-refractivity contribution in [2.45, 2.75) is 4.90 Å². The van der Waals surface area contributed by atoms with Crippen molar-refractivity contribution in [1.29, 1.82) is 0 Å². The summed E-state index contributed by atoms with van der Waals surface area (Å²) in [5.74, 6) is -0.460. The number of anilines is 2. The third-order valence-electron chi connectivity index (χ3n) is 3.20. The summed E-state index contributed by atoms with van der Waals surface area (Å²) in [7, 11) is 0.0397. The van der Waals surface area contributed by atoms with Gasteiger partial charge in [-0.2, -0.15) is 0 Å². The highest BCUT2D eigenvalue weighted by Gasteiger charge is 2.15. The van der Waals surface area contributed by atoms with E-state index in [4.69, 9.17) is 11.6 Å². The Labute approximate surface area is 146 Å². The molecule has 0 aliphatic rings. The van der Waals surface area contributed by atoms with Gasteiger partial charge in [-0.15, -0.1) is 0 Å². The number of carbonyl (C=O) groups is 1. The van der Waals surface area contributed by atoms with Gasteiger partial charge >= 0.3 is 0 Å². The van der Waals surface area contributed by atoms with Gasteiger partial charge in [-0.05, 0) is 42.5 Å². The third-order valence-corrected chi connectivity index (χ3v) is 4.83. The largest absolute Gasteiger partial charge is 0.378 e. The molecule has 6 nitrogen and oxygen atoms in total. The molecule has 2 rings (SSSR count). The van der Waals surface area contributed by atoms with Gasteiger partial charge < -0.3 is 10.2 Å². The van der Waals surface area contributed by atoms with Crippen molar-refractivity contribution in [3.8, 4) is 0 Å². The lowest BCUT2D eigenvalue weighted by Crippen LogP contribution is -2.32. The van der Waals surface area contributed by atoms with Gasteiger partial charge in [0, 0.05) is 30.5 Å². The summed E-state index contributed by atoms with van der Waals surface area (Å²) in [6, 6.07) is 13.0. The third kappa shape index (κ3) is 4.95. The SMILES string of the molecule is CN(C)c1ccc(NC(=O)CNS(=O)(=O)c2cccc(Cl)c2)cc1. The monoisotopic (exact) mass is 367 g/mol. The lowest BCUT2D eigenvalue weighted by Gasteiger charge is -2.13. The number of hydrogen-bond donors (Lipinski definition) is 2. The average Bonchev–Trinajstić information content (AvgIpc) is 2.53. The number of rotatable bonds is 6. The zero-order chi connectivity index (χ0) is 17.7. The van der Waals surface area contributed by atoms with Crippen LogP contribution in [0.1, 0.15) is 0 Å². The first-order valence-corrected chi connectivity index (χ1v) is 8.96. The molecular formula is C16H18ClN3O3S. The second-order valence-electron chi connectivity index (χ2n) is 5.27. The van der Waals surface area contributed by atoms with Crippen molar-refractivity contribution < 1.29 is 13.2 Å². The quantitative estimate of drug-likeness (QED) is 0.821. The fourth-order valence-corrected chi connectivity index (χ4v) is 3.21. The second kappa shape index (κ2) is 7.65. The van der Waals surface area contributed by atoms with Crippen molar-refractivity contribution in [3.05, 3.63) is 53.6 Å². The molecule has 0 radical (unpaired) electrons. The Morgan fingerprint density at radius 2 is 1.79 bits per heavy atom. The van der Waals surface area contributed by atoms with E-state index in [-0.39, 0.29) is 11.4 Å². The molecule has 2 N–H and O–H groups in total. The summed E-state index contributed by atoms with van der Waals surface area (Å²) in [6.07, 6.45) is 0. The molecule has 0 saturated carbocycles. The number of sulfonamides is 1. The highest BCUT2D eigenvalue weighted by atomic mass is 35.5. The Hall–Kier alpha value is -2.09. The molecule has 0 aromatic heterocycles. The van der Waals surface area contributed by atoms with Crippen LogP contribution in [-0.2, 0) is 14.8 Å². The Bertz CT molecular complexity index is 821. The maximum Gasteiger partial charge on any atom is 0.241 e. The maximum absolute atomic E-state index is 12.1. The van der Waals surface area contributed by atoms with Crippen molar-refractivity contribution >= 4 is 38.9 Å². The molecule has 8 heteroatoms. The molecule has 0 spiro atoms. The van der Waals surface area contributed by atoms with E-state index in [9.17, 15) is 13.2 Å². The molecule has 0 fully saturated rings. The van der Waals surface area contributed by atoms with Crippen LogP contribution in [0.15, 0.2) is 53.4 Å². The van der Waals surface area contributed by atoms with Gasteiger partial charge in [-0.1, -0.05) is 17.7 Å². The number of nitrogens with zero attached hydrogens (tertiary/aromatic N) is 1. The predicted molar refractivity (Wildman–Crippen MR) is 96.0 cm³/mol. The smallest absolute Gasteiger partial charge is 0.241 e. The van der Waals surface area contributed by atoms with Crippen molar-refractivity contribution in [2.24, 2.45) is 0 Å². The number of nitrogens with one attached hydrogen (secondary N) is 2. The summed E-state index contributed by atoms with van der Waals surface area (Å²) < 4.78 is 26.5. The van der Waals surface area contributed by atoms with Gasteiger partial charge in [0.05, 0.1) is 11.4 Å². The van der Waals surface area contributed by atoms with E-state index >= 15 is 0 Å². The molecule has 1 amide bonds. The van der Waals surface area contributed by atoms with Crippen LogP contribution < -0.4 is 14.9 Å². The molecule has 0 atom stereocenters. The lowest BCUT2D eigenvalue weighted by molar-refractivity contribution is -0.115. The van der Waals surface area contributed by atoms with Crippen molar-refractivity contribution in [3.63, 3.8) is 0 Å². The standard InChI is InChI=1S/C16H18ClN3O3S/c1-20(2)14-8-6-13(7-9-14)19-16(21)11-18-24(22,23)15-5-3-4-12(17)10-15/h3-10,18H,11H2,1-2H3,(H,19,21). The van der Waals surface area contributed by atoms with E-state index in [1.807, 2.05) is 31.1 Å². The molecule has 128 valence electrons. The van der Waals surface area contributed by atoms with Crippen molar-refractivity contribution in [2.75, 3.05) is 30.9 Å². The van der Waals surface area contributed by atoms with Crippen LogP contribution in [0, 0.1) is 0 Å². The Morgan fingerprint density at radius 1 is 1.12 bits per heavy atom. The normalized spacial score (nSPS) is 11.1. The van der Waals surface area contributed by atoms with Crippen LogP contribution >= 0.6 is 11.6 Å². The number of amides is 1. The van der Waals surface area contributed by atoms with Gasteiger partial charge in [0.25, 0.3) is 0 Å². The summed E-state index contributed by atoms with van der Waals surface area (Å²) in [6.45, 7) is -0.371. The first-order chi connectivity index (χ1) is 11.3. The van der Waals surface area contributed by atoms with Crippen LogP contribution in [0.5, 0.6) is 0 Å². The van der Waals surface area contributed by atoms with Crippen LogP contribution in [-0.4, -0.2) is 35.0 Å². The molecule has 24 heavy (non-hydrogen) atoms. The second-order valence-corrected chi connectivity index (χ2v) is 7.47. The molecule has 0 aliphatic carbocycles. The molecule has 0 heterocycles. The van der Waals surface area contributed by atoms with Gasteiger partial charge in [-0.25, -0.2) is 13.1 Å². The summed E-state index contributed by atoms with van der Waals surface area (Å²) in [5, 5.41) is 2.94. The molecular weight excluding hydrogens is 350 g/mol. The first-order valence-electron chi connectivity index (χ1n) is 7.10. The lowest BCUT2D eigenvalue weighted by atomic mass is 10.2. The minimum Gasteiger partial charge on any atom is -0.378 e. The van der Waals surface area contributed by atoms with Crippen LogP contribution in [0.4, 0.5) is 11.4 Å². The molecule has 0 aliphatic heterocycles. The molecule has 2 aromatic carbocycles. The van der Waals surface area contributed by atoms with Crippen LogP contribution in [0.25, 0.3) is 0 Å². The van der Waals surface area contributed by atoms with Gasteiger partial charge in [-0.3, -0.25) is 4.79 Å². The Morgan fingerprint density at radius 3 is 2.38 bits per heavy atom. The topological polar surface area (TPSA) is 78.5 Å². The van der Waals surface area contributed by atoms with E-state index < -0.39 is 15.9 Å². The van der Waals surface area contributed by atoms with E-state index in [2.05, 4.69) is 10.0 Å². The fraction of sp³-hybridized carbons (Fsp3) is 0.188. The fourth-order valence-electron chi connectivity index (χ4n) is 1.93. The van der Waals surface area contributed by atoms with E-state index in [1.54, 1.807) is 18.2 Å². The molecule has 0 bridgehead atoms. The van der Waals surface area contributed by atoms with Gasteiger partial charge in [0.2, 0.25) is 15.9 Å². The summed E-state index contributed by atoms with van der Waals surface area (Å²) >= 11 is 5.78. The molecule has 0 saturated heterocycles. The predicted octanol–water partition coefficient (Wildman–Crippen LogP) is 2.32. The zero-order valence-electron chi connectivity index (χ0n) is 13.3. The zero-order valence-corrected chi connectivity index (χ0v) is 14.9. The van der Waals surface area contributed by atoms with Gasteiger partial charge in [0.1, 0.15) is 0 Å². The highest BCUT2D eigenvalue weighted by Crippen LogP contribution is 2.16. The van der Waals surface area contributed by atoms with E-state index in [0.717, 1.165) is 5.69 Å². The summed E-state index contributed by atoms with van der Waals surface area (Å²) in [5.41, 5.74) is 1.59. The number of benzene rings is 2. The average molecular weight is 368 g/mol. The van der Waals surface area contributed by atoms with Gasteiger partial charge in [0.15, 0.2) is 0 Å². The van der Waals surface area contributed by atoms with Crippen LogP contribution in [0.3, 0.4) is 0 Å². The summed E-state index contributed by atoms with van der Waals surface area (Å²) in [4.78, 5) is 13.8. The Balaban J connectivity index is 1.95. The Kier molecular flexibility index (Phi) is 5.82. The minimum absolute atomic E-state index is 0.0122. The number of hydrogen-bond acceptors (Lipinski definition) is 4. The number of carbonyl (C=O) groups excluding carboxylic acids is 1. The molecule has 2 aromatic rings. The van der Waals surface area contributed by atoms with Crippen molar-refractivity contribution in [1.82, 2.24) is 4.72 Å². The highest BCUT2D eigenvalue weighted by molar-refractivity contribution is 7.89. The van der Waals surface area contributed by atoms with Crippen LogP contribution in [0.2, 0.25) is 5.02 Å². The molecule has 0 unspecified atom stereocenters. The first kappa shape index (κ1) is 18.3. The minimum atomic E-state index is -3.79. The number of halogens is 1. The maximum atomic E-state index is 12.1. The van der Waals surface area contributed by atoms with E-state index in [1.165, 1.54) is 18.2 Å².